The van der Waals surface area contributed by atoms with Crippen LogP contribution in [-0.4, -0.2) is 50.1 Å². The molecule has 0 atom stereocenters. The molecule has 2 amide bonds. The Morgan fingerprint density at radius 1 is 1.16 bits per heavy atom. The van der Waals surface area contributed by atoms with Crippen LogP contribution in [0.4, 0.5) is 5.69 Å². The van der Waals surface area contributed by atoms with E-state index in [-0.39, 0.29) is 23.8 Å². The van der Waals surface area contributed by atoms with Crippen molar-refractivity contribution in [2.24, 2.45) is 5.41 Å². The van der Waals surface area contributed by atoms with E-state index in [4.69, 9.17) is 4.74 Å². The van der Waals surface area contributed by atoms with E-state index >= 15 is 0 Å². The van der Waals surface area contributed by atoms with Gasteiger partial charge in [0, 0.05) is 37.7 Å². The summed E-state index contributed by atoms with van der Waals surface area (Å²) in [5.74, 6) is 0.0894. The zero-order chi connectivity index (χ0) is 17.9. The van der Waals surface area contributed by atoms with Gasteiger partial charge in [-0.15, -0.1) is 0 Å². The van der Waals surface area contributed by atoms with Gasteiger partial charge in [-0.3, -0.25) is 9.59 Å². The Hall–Kier alpha value is -1.88. The molecule has 2 fully saturated rings. The van der Waals surface area contributed by atoms with Crippen LogP contribution in [-0.2, 0) is 14.3 Å². The van der Waals surface area contributed by atoms with E-state index in [2.05, 4.69) is 0 Å². The lowest BCUT2D eigenvalue weighted by Crippen LogP contribution is -2.53. The number of ether oxygens (including phenoxy) is 1. The van der Waals surface area contributed by atoms with Gasteiger partial charge in [-0.05, 0) is 31.9 Å². The summed E-state index contributed by atoms with van der Waals surface area (Å²) in [5.41, 5.74) is 2.06. The van der Waals surface area contributed by atoms with E-state index in [1.807, 2.05) is 31.2 Å². The summed E-state index contributed by atoms with van der Waals surface area (Å²) in [5, 5.41) is 0. The highest BCUT2D eigenvalue weighted by Gasteiger charge is 2.38. The second-order valence-corrected chi connectivity index (χ2v) is 7.51. The van der Waals surface area contributed by atoms with Crippen molar-refractivity contribution < 1.29 is 14.3 Å². The number of aryl methyl sites for hydroxylation is 1. The molecule has 136 valence electrons. The summed E-state index contributed by atoms with van der Waals surface area (Å²) in [7, 11) is 1.70. The van der Waals surface area contributed by atoms with Gasteiger partial charge < -0.3 is 14.5 Å². The summed E-state index contributed by atoms with van der Waals surface area (Å²) in [6.07, 6.45) is 4.92. The van der Waals surface area contributed by atoms with Gasteiger partial charge >= 0.3 is 0 Å². The maximum atomic E-state index is 12.8. The number of nitrogens with zero attached hydrogens (tertiary/aromatic N) is 2. The smallest absolute Gasteiger partial charge is 0.246 e. The molecule has 25 heavy (non-hydrogen) atoms. The minimum atomic E-state index is -0.0248. The van der Waals surface area contributed by atoms with Crippen LogP contribution in [0.5, 0.6) is 0 Å². The van der Waals surface area contributed by atoms with E-state index in [1.165, 1.54) is 5.56 Å². The highest BCUT2D eigenvalue weighted by atomic mass is 16.5. The highest BCUT2D eigenvalue weighted by Crippen LogP contribution is 2.41. The Kier molecular flexibility index (Phi) is 5.42. The Bertz CT molecular complexity index is 620. The number of anilines is 1. The van der Waals surface area contributed by atoms with E-state index < -0.39 is 0 Å². The Morgan fingerprint density at radius 2 is 1.84 bits per heavy atom. The molecule has 1 heterocycles. The molecule has 1 saturated heterocycles. The number of amides is 2. The van der Waals surface area contributed by atoms with Gasteiger partial charge in [0.15, 0.2) is 0 Å². The van der Waals surface area contributed by atoms with E-state index in [0.717, 1.165) is 31.4 Å². The lowest BCUT2D eigenvalue weighted by molar-refractivity contribution is -0.139. The van der Waals surface area contributed by atoms with Gasteiger partial charge in [0.05, 0.1) is 6.61 Å². The third-order valence-corrected chi connectivity index (χ3v) is 5.56. The first-order valence-electron chi connectivity index (χ1n) is 9.17. The molecular formula is C20H28N2O3. The lowest BCUT2D eigenvalue weighted by Gasteiger charge is -2.36. The van der Waals surface area contributed by atoms with Crippen LogP contribution in [0.1, 0.15) is 37.7 Å². The average Bonchev–Trinajstić information content (AvgIpc) is 3.04. The predicted octanol–water partition coefficient (Wildman–Crippen LogP) is 2.77. The maximum absolute atomic E-state index is 12.8. The second kappa shape index (κ2) is 7.56. The molecule has 1 saturated carbocycles. The number of hydrogen-bond acceptors (Lipinski definition) is 3. The summed E-state index contributed by atoms with van der Waals surface area (Å²) in [6, 6.07) is 7.96. The van der Waals surface area contributed by atoms with Crippen LogP contribution in [0.2, 0.25) is 0 Å². The third kappa shape index (κ3) is 4.03. The first kappa shape index (κ1) is 17.9. The first-order valence-corrected chi connectivity index (χ1v) is 9.17. The van der Waals surface area contributed by atoms with Crippen molar-refractivity contribution in [2.75, 3.05) is 38.3 Å². The Labute approximate surface area is 149 Å². The molecule has 0 radical (unpaired) electrons. The van der Waals surface area contributed by atoms with Crippen molar-refractivity contribution in [1.29, 1.82) is 0 Å². The summed E-state index contributed by atoms with van der Waals surface area (Å²) in [6.45, 7) is 4.00. The summed E-state index contributed by atoms with van der Waals surface area (Å²) >= 11 is 0. The zero-order valence-corrected chi connectivity index (χ0v) is 15.3. The van der Waals surface area contributed by atoms with Gasteiger partial charge in [-0.2, -0.15) is 0 Å². The molecule has 0 spiro atoms. The molecule has 1 aromatic rings. The fraction of sp³-hybridized carbons (Fsp3) is 0.600. The van der Waals surface area contributed by atoms with E-state index in [9.17, 15) is 9.59 Å². The molecule has 0 bridgehead atoms. The Morgan fingerprint density at radius 3 is 2.44 bits per heavy atom. The topological polar surface area (TPSA) is 49.9 Å². The predicted molar refractivity (Wildman–Crippen MR) is 97.5 cm³/mol. The number of benzene rings is 1. The monoisotopic (exact) mass is 344 g/mol. The molecule has 5 nitrogen and oxygen atoms in total. The molecule has 0 unspecified atom stereocenters. The number of rotatable bonds is 5. The summed E-state index contributed by atoms with van der Waals surface area (Å²) in [4.78, 5) is 28.8. The van der Waals surface area contributed by atoms with Crippen molar-refractivity contribution in [2.45, 2.75) is 39.0 Å². The number of carbonyl (C=O) groups is 2. The SMILES string of the molecule is COCC1(CC(=O)N2CCN(c3ccc(C)cc3)C(=O)C2)CCCC1. The molecule has 1 aliphatic carbocycles. The van der Waals surface area contributed by atoms with Crippen LogP contribution in [0, 0.1) is 12.3 Å². The summed E-state index contributed by atoms with van der Waals surface area (Å²) < 4.78 is 5.38. The molecule has 0 aromatic heterocycles. The quantitative estimate of drug-likeness (QED) is 0.825. The fourth-order valence-corrected chi connectivity index (χ4v) is 4.12. The number of piperazine rings is 1. The number of hydrogen-bond donors (Lipinski definition) is 0. The maximum Gasteiger partial charge on any atom is 0.246 e. The van der Waals surface area contributed by atoms with E-state index in [1.54, 1.807) is 16.9 Å². The Balaban J connectivity index is 1.61. The molecule has 3 rings (SSSR count). The normalized spacial score (nSPS) is 20.2. The number of methoxy groups -OCH3 is 1. The molecule has 0 N–H and O–H groups in total. The van der Waals surface area contributed by atoms with Crippen LogP contribution in [0.15, 0.2) is 24.3 Å². The lowest BCUT2D eigenvalue weighted by atomic mass is 9.83. The van der Waals surface area contributed by atoms with Crippen molar-refractivity contribution >= 4 is 17.5 Å². The van der Waals surface area contributed by atoms with Crippen molar-refractivity contribution in [3.8, 4) is 0 Å². The first-order chi connectivity index (χ1) is 12.0. The van der Waals surface area contributed by atoms with Gasteiger partial charge in [0.2, 0.25) is 11.8 Å². The highest BCUT2D eigenvalue weighted by molar-refractivity contribution is 5.98. The van der Waals surface area contributed by atoms with Crippen molar-refractivity contribution in [3.05, 3.63) is 29.8 Å². The largest absolute Gasteiger partial charge is 0.384 e. The van der Waals surface area contributed by atoms with Crippen molar-refractivity contribution in [3.63, 3.8) is 0 Å². The van der Waals surface area contributed by atoms with Gasteiger partial charge in [0.25, 0.3) is 0 Å². The van der Waals surface area contributed by atoms with Crippen molar-refractivity contribution in [1.82, 2.24) is 4.90 Å². The minimum absolute atomic E-state index is 0.00401. The standard InChI is InChI=1S/C20H28N2O3/c1-16-5-7-17(8-6-16)22-12-11-21(14-19(22)24)18(23)13-20(15-25-2)9-3-4-10-20/h5-8H,3-4,9-15H2,1-2H3. The van der Waals surface area contributed by atoms with Crippen LogP contribution in [0.3, 0.4) is 0 Å². The van der Waals surface area contributed by atoms with Gasteiger partial charge in [0.1, 0.15) is 6.54 Å². The second-order valence-electron chi connectivity index (χ2n) is 7.51. The van der Waals surface area contributed by atoms with Gasteiger partial charge in [-0.25, -0.2) is 0 Å². The van der Waals surface area contributed by atoms with Crippen LogP contribution in [0.25, 0.3) is 0 Å². The minimum Gasteiger partial charge on any atom is -0.384 e. The molecular weight excluding hydrogens is 316 g/mol. The molecule has 1 aromatic carbocycles. The third-order valence-electron chi connectivity index (χ3n) is 5.56. The fourth-order valence-electron chi connectivity index (χ4n) is 4.12. The molecule has 2 aliphatic rings. The van der Waals surface area contributed by atoms with Crippen LogP contribution < -0.4 is 4.90 Å². The molecule has 5 heteroatoms. The zero-order valence-electron chi connectivity index (χ0n) is 15.3. The molecule has 1 aliphatic heterocycles. The average molecular weight is 344 g/mol. The van der Waals surface area contributed by atoms with E-state index in [0.29, 0.717) is 26.1 Å². The number of carbonyl (C=O) groups excluding carboxylic acids is 2. The van der Waals surface area contributed by atoms with Crippen LogP contribution >= 0.6 is 0 Å². The van der Waals surface area contributed by atoms with Gasteiger partial charge in [-0.1, -0.05) is 30.5 Å².